The first-order valence-electron chi connectivity index (χ1n) is 9.66. The second kappa shape index (κ2) is 5.74. The van der Waals surface area contributed by atoms with E-state index in [4.69, 9.17) is 0 Å². The third-order valence-electron chi connectivity index (χ3n) is 7.96. The van der Waals surface area contributed by atoms with Crippen molar-refractivity contribution in [2.24, 2.45) is 34.5 Å². The molecule has 1 unspecified atom stereocenters. The first-order chi connectivity index (χ1) is 12.2. The third kappa shape index (κ3) is 2.21. The molecule has 0 aromatic heterocycles. The molecule has 4 rings (SSSR count). The van der Waals surface area contributed by atoms with Crippen molar-refractivity contribution in [2.75, 3.05) is 6.61 Å². The van der Waals surface area contributed by atoms with Crippen LogP contribution in [0, 0.1) is 34.5 Å². The normalized spacial score (nSPS) is 47.1. The average Bonchev–Trinajstić information content (AvgIpc) is 2.84. The number of rotatable bonds is 2. The van der Waals surface area contributed by atoms with E-state index in [9.17, 15) is 19.8 Å². The molecule has 0 heterocycles. The maximum Gasteiger partial charge on any atom is 0.178 e. The fourth-order valence-electron chi connectivity index (χ4n) is 6.98. The fourth-order valence-corrected chi connectivity index (χ4v) is 6.98. The van der Waals surface area contributed by atoms with Gasteiger partial charge in [0, 0.05) is 17.3 Å². The molecule has 0 saturated heterocycles. The summed E-state index contributed by atoms with van der Waals surface area (Å²) in [6.45, 7) is 7.94. The van der Waals surface area contributed by atoms with Crippen LogP contribution in [-0.2, 0) is 9.59 Å². The second-order valence-corrected chi connectivity index (χ2v) is 9.22. The van der Waals surface area contributed by atoms with Crippen LogP contribution >= 0.6 is 0 Å². The number of ketones is 2. The van der Waals surface area contributed by atoms with Crippen LogP contribution in [0.2, 0.25) is 0 Å². The summed E-state index contributed by atoms with van der Waals surface area (Å²) in [6, 6.07) is 0. The van der Waals surface area contributed by atoms with Crippen LogP contribution in [0.3, 0.4) is 0 Å². The summed E-state index contributed by atoms with van der Waals surface area (Å²) < 4.78 is 0. The zero-order valence-electron chi connectivity index (χ0n) is 15.6. The predicted octanol–water partition coefficient (Wildman–Crippen LogP) is 2.61. The largest absolute Gasteiger partial charge is 0.393 e. The van der Waals surface area contributed by atoms with Gasteiger partial charge in [0.25, 0.3) is 0 Å². The van der Waals surface area contributed by atoms with Gasteiger partial charge in [0.1, 0.15) is 6.61 Å². The molecule has 4 nitrogen and oxygen atoms in total. The van der Waals surface area contributed by atoms with E-state index in [1.54, 1.807) is 12.2 Å². The van der Waals surface area contributed by atoms with Crippen LogP contribution < -0.4 is 0 Å². The van der Waals surface area contributed by atoms with Crippen LogP contribution in [0.15, 0.2) is 36.0 Å². The minimum Gasteiger partial charge on any atom is -0.393 e. The topological polar surface area (TPSA) is 74.6 Å². The van der Waals surface area contributed by atoms with Crippen LogP contribution in [-0.4, -0.2) is 34.5 Å². The highest BCUT2D eigenvalue weighted by atomic mass is 16.3. The molecule has 7 atom stereocenters. The number of aliphatic hydroxyl groups excluding tert-OH is 2. The Labute approximate surface area is 154 Å². The minimum absolute atomic E-state index is 0.0360. The Hall–Kier alpha value is -1.52. The molecular weight excluding hydrogens is 328 g/mol. The Balaban J connectivity index is 1.75. The van der Waals surface area contributed by atoms with E-state index in [0.717, 1.165) is 30.4 Å². The molecule has 3 fully saturated rings. The van der Waals surface area contributed by atoms with Crippen molar-refractivity contribution in [3.8, 4) is 0 Å². The number of aliphatic hydroxyl groups is 2. The highest BCUT2D eigenvalue weighted by molar-refractivity contribution is 6.01. The maximum absolute atomic E-state index is 12.4. The van der Waals surface area contributed by atoms with Gasteiger partial charge in [-0.05, 0) is 55.1 Å². The summed E-state index contributed by atoms with van der Waals surface area (Å²) in [5, 5.41) is 20.6. The standard InChI is InChI=1S/C22H28O4/c1-12-8-16-15-5-4-13-9-14(24)6-7-21(13,2)20(15)17(25)10-22(16,3)19(12)18(26)11-23/h6-7,9,15-17,19-20,23,25H,1,4-5,8,10-11H2,2-3H3/t15-,16-,17?,19+,20+,21-,22-/m0/s1. The molecule has 0 radical (unpaired) electrons. The number of carbonyl (C=O) groups is 2. The zero-order valence-corrected chi connectivity index (χ0v) is 15.6. The van der Waals surface area contributed by atoms with Crippen LogP contribution in [0.5, 0.6) is 0 Å². The molecule has 0 bridgehead atoms. The number of fused-ring (bicyclic) bond motifs is 5. The lowest BCUT2D eigenvalue weighted by Crippen LogP contribution is -2.56. The van der Waals surface area contributed by atoms with Gasteiger partial charge in [0.2, 0.25) is 0 Å². The van der Waals surface area contributed by atoms with E-state index < -0.39 is 12.7 Å². The van der Waals surface area contributed by atoms with Crippen molar-refractivity contribution in [1.82, 2.24) is 0 Å². The lowest BCUT2D eigenvalue weighted by molar-refractivity contribution is -0.140. The monoisotopic (exact) mass is 356 g/mol. The third-order valence-corrected chi connectivity index (χ3v) is 7.96. The van der Waals surface area contributed by atoms with Crippen LogP contribution in [0.4, 0.5) is 0 Å². The second-order valence-electron chi connectivity index (χ2n) is 9.22. The Morgan fingerprint density at radius 1 is 1.38 bits per heavy atom. The molecule has 3 saturated carbocycles. The van der Waals surface area contributed by atoms with E-state index in [2.05, 4.69) is 20.4 Å². The number of hydrogen-bond donors (Lipinski definition) is 2. The van der Waals surface area contributed by atoms with E-state index in [0.29, 0.717) is 6.42 Å². The molecule has 0 aromatic carbocycles. The molecule has 4 aliphatic rings. The molecule has 0 spiro atoms. The van der Waals surface area contributed by atoms with E-state index in [1.807, 2.05) is 6.08 Å². The Kier molecular flexibility index (Phi) is 3.94. The first kappa shape index (κ1) is 17.9. The van der Waals surface area contributed by atoms with Gasteiger partial charge in [-0.2, -0.15) is 0 Å². The van der Waals surface area contributed by atoms with Crippen molar-refractivity contribution in [3.05, 3.63) is 36.0 Å². The number of carbonyl (C=O) groups excluding carboxylic acids is 2. The minimum atomic E-state index is -0.535. The highest BCUT2D eigenvalue weighted by Gasteiger charge is 2.63. The van der Waals surface area contributed by atoms with Crippen molar-refractivity contribution in [1.29, 1.82) is 0 Å². The van der Waals surface area contributed by atoms with Crippen molar-refractivity contribution in [2.45, 2.75) is 45.6 Å². The lowest BCUT2D eigenvalue weighted by Gasteiger charge is -2.58. The van der Waals surface area contributed by atoms with E-state index >= 15 is 0 Å². The zero-order chi connectivity index (χ0) is 18.9. The van der Waals surface area contributed by atoms with Crippen molar-refractivity contribution < 1.29 is 19.8 Å². The molecule has 26 heavy (non-hydrogen) atoms. The fraction of sp³-hybridized carbons (Fsp3) is 0.636. The maximum atomic E-state index is 12.4. The molecular formula is C22H28O4. The summed E-state index contributed by atoms with van der Waals surface area (Å²) in [5.74, 6) is 0.137. The highest BCUT2D eigenvalue weighted by Crippen LogP contribution is 2.66. The molecule has 0 aromatic rings. The van der Waals surface area contributed by atoms with Crippen LogP contribution in [0.25, 0.3) is 0 Å². The predicted molar refractivity (Wildman–Crippen MR) is 98.1 cm³/mol. The van der Waals surface area contributed by atoms with Gasteiger partial charge in [-0.1, -0.05) is 37.6 Å². The Bertz CT molecular complexity index is 747. The van der Waals surface area contributed by atoms with Gasteiger partial charge >= 0.3 is 0 Å². The van der Waals surface area contributed by atoms with E-state index in [-0.39, 0.29) is 46.1 Å². The van der Waals surface area contributed by atoms with Crippen molar-refractivity contribution >= 4 is 11.6 Å². The smallest absolute Gasteiger partial charge is 0.178 e. The van der Waals surface area contributed by atoms with Gasteiger partial charge in [-0.3, -0.25) is 9.59 Å². The summed E-state index contributed by atoms with van der Waals surface area (Å²) in [4.78, 5) is 24.3. The quantitative estimate of drug-likeness (QED) is 0.746. The molecule has 4 heteroatoms. The van der Waals surface area contributed by atoms with Gasteiger partial charge in [0.15, 0.2) is 11.6 Å². The van der Waals surface area contributed by atoms with Gasteiger partial charge in [-0.15, -0.1) is 0 Å². The molecule has 2 N–H and O–H groups in total. The van der Waals surface area contributed by atoms with Crippen molar-refractivity contribution in [3.63, 3.8) is 0 Å². The molecule has 0 aliphatic heterocycles. The summed E-state index contributed by atoms with van der Waals surface area (Å²) in [6.07, 6.45) is 7.97. The Morgan fingerprint density at radius 2 is 2.12 bits per heavy atom. The summed E-state index contributed by atoms with van der Waals surface area (Å²) in [5.41, 5.74) is 1.40. The Morgan fingerprint density at radius 3 is 2.81 bits per heavy atom. The van der Waals surface area contributed by atoms with Crippen LogP contribution in [0.1, 0.15) is 39.5 Å². The van der Waals surface area contributed by atoms with Gasteiger partial charge in [-0.25, -0.2) is 0 Å². The summed E-state index contributed by atoms with van der Waals surface area (Å²) >= 11 is 0. The average molecular weight is 356 g/mol. The molecule has 4 aliphatic carbocycles. The number of allylic oxidation sites excluding steroid dienone is 5. The molecule has 140 valence electrons. The number of Topliss-reactive ketones (excluding diaryl/α,β-unsaturated/α-hetero) is 1. The van der Waals surface area contributed by atoms with E-state index in [1.165, 1.54) is 0 Å². The number of hydrogen-bond acceptors (Lipinski definition) is 4. The molecule has 0 amide bonds. The van der Waals surface area contributed by atoms with Gasteiger partial charge in [0.05, 0.1) is 6.10 Å². The first-order valence-corrected chi connectivity index (χ1v) is 9.66. The lowest BCUT2D eigenvalue weighted by atomic mass is 9.46. The summed E-state index contributed by atoms with van der Waals surface area (Å²) in [7, 11) is 0. The SMILES string of the molecule is C=C1C[C@H]2[C@@H]3CCC4=CC(=O)C=C[C@]4(C)[C@H]3C(O)C[C@]2(C)[C@H]1C(=O)CO. The van der Waals surface area contributed by atoms with Gasteiger partial charge < -0.3 is 10.2 Å².